The van der Waals surface area contributed by atoms with E-state index in [1.807, 2.05) is 4.90 Å². The molecule has 1 aliphatic heterocycles. The molecule has 0 bridgehead atoms. The van der Waals surface area contributed by atoms with Crippen molar-refractivity contribution in [2.24, 2.45) is 0 Å². The summed E-state index contributed by atoms with van der Waals surface area (Å²) < 4.78 is 4.92. The lowest BCUT2D eigenvalue weighted by molar-refractivity contribution is -0.144. The summed E-state index contributed by atoms with van der Waals surface area (Å²) in [6, 6.07) is 0.0297. The lowest BCUT2D eigenvalue weighted by Crippen LogP contribution is -2.41. The van der Waals surface area contributed by atoms with Crippen LogP contribution in [-0.2, 0) is 14.3 Å². The Bertz CT molecular complexity index is 365. The molecule has 0 aromatic rings. The van der Waals surface area contributed by atoms with E-state index in [1.165, 1.54) is 4.90 Å². The van der Waals surface area contributed by atoms with Crippen molar-refractivity contribution in [3.05, 3.63) is 0 Å². The summed E-state index contributed by atoms with van der Waals surface area (Å²) >= 11 is 0. The Hall–Kier alpha value is -1.63. The molecular formula is C12H19N3O4. The predicted molar refractivity (Wildman–Crippen MR) is 66.3 cm³/mol. The largest absolute Gasteiger partial charge is 0.465 e. The molecule has 19 heavy (non-hydrogen) atoms. The molecule has 1 aliphatic carbocycles. The van der Waals surface area contributed by atoms with Gasteiger partial charge in [-0.15, -0.1) is 0 Å². The Labute approximate surface area is 111 Å². The minimum Gasteiger partial charge on any atom is -0.465 e. The normalized spacial score (nSPS) is 18.9. The molecule has 0 aromatic heterocycles. The first-order valence-corrected chi connectivity index (χ1v) is 6.59. The summed E-state index contributed by atoms with van der Waals surface area (Å²) in [6.45, 7) is 3.27. The van der Waals surface area contributed by atoms with Crippen LogP contribution in [0.25, 0.3) is 0 Å². The number of nitrogens with one attached hydrogen (secondary N) is 1. The van der Waals surface area contributed by atoms with Crippen LogP contribution in [0.4, 0.5) is 4.79 Å². The molecule has 2 rings (SSSR count). The lowest BCUT2D eigenvalue weighted by Gasteiger charge is -2.23. The zero-order chi connectivity index (χ0) is 13.8. The fourth-order valence-electron chi connectivity index (χ4n) is 2.11. The molecule has 1 heterocycles. The van der Waals surface area contributed by atoms with Crippen LogP contribution in [0.3, 0.4) is 0 Å². The Morgan fingerprint density at radius 3 is 2.74 bits per heavy atom. The molecule has 1 N–H and O–H groups in total. The molecule has 0 atom stereocenters. The second kappa shape index (κ2) is 6.01. The first kappa shape index (κ1) is 13.8. The Morgan fingerprint density at radius 2 is 2.21 bits per heavy atom. The summed E-state index contributed by atoms with van der Waals surface area (Å²) in [5.41, 5.74) is 0. The molecule has 0 radical (unpaired) electrons. The molecule has 1 saturated carbocycles. The van der Waals surface area contributed by atoms with Crippen molar-refractivity contribution in [2.45, 2.75) is 25.8 Å². The van der Waals surface area contributed by atoms with Gasteiger partial charge in [-0.1, -0.05) is 0 Å². The standard InChI is InChI=1S/C12H19N3O4/c1-2-19-11(17)8-14(9-3-4-9)5-6-15-10(16)7-13-12(15)18/h9H,2-8H2,1H3,(H,13,18). The van der Waals surface area contributed by atoms with Gasteiger partial charge in [0, 0.05) is 19.1 Å². The van der Waals surface area contributed by atoms with Gasteiger partial charge in [0.05, 0.1) is 19.7 Å². The second-order valence-corrected chi connectivity index (χ2v) is 4.71. The number of urea groups is 1. The van der Waals surface area contributed by atoms with Crippen LogP contribution >= 0.6 is 0 Å². The van der Waals surface area contributed by atoms with Crippen molar-refractivity contribution in [3.8, 4) is 0 Å². The van der Waals surface area contributed by atoms with E-state index in [-0.39, 0.29) is 31.0 Å². The topological polar surface area (TPSA) is 79.0 Å². The van der Waals surface area contributed by atoms with E-state index < -0.39 is 0 Å². The van der Waals surface area contributed by atoms with E-state index in [2.05, 4.69) is 5.32 Å². The van der Waals surface area contributed by atoms with Gasteiger partial charge in [-0.05, 0) is 19.8 Å². The Balaban J connectivity index is 1.82. The van der Waals surface area contributed by atoms with Crippen molar-refractivity contribution in [1.82, 2.24) is 15.1 Å². The maximum Gasteiger partial charge on any atom is 0.324 e. The van der Waals surface area contributed by atoms with E-state index in [0.29, 0.717) is 25.7 Å². The molecule has 106 valence electrons. The molecule has 3 amide bonds. The van der Waals surface area contributed by atoms with Gasteiger partial charge in [-0.3, -0.25) is 19.4 Å². The first-order valence-electron chi connectivity index (χ1n) is 6.59. The van der Waals surface area contributed by atoms with Gasteiger partial charge in [0.25, 0.3) is 0 Å². The minimum absolute atomic E-state index is 0.0696. The van der Waals surface area contributed by atoms with E-state index in [4.69, 9.17) is 4.74 Å². The van der Waals surface area contributed by atoms with Gasteiger partial charge in [-0.25, -0.2) is 4.79 Å². The fraction of sp³-hybridized carbons (Fsp3) is 0.750. The summed E-state index contributed by atoms with van der Waals surface area (Å²) in [4.78, 5) is 37.5. The SMILES string of the molecule is CCOC(=O)CN(CCN1C(=O)CNC1=O)C1CC1. The third-order valence-electron chi connectivity index (χ3n) is 3.25. The number of ether oxygens (including phenoxy) is 1. The summed E-state index contributed by atoms with van der Waals surface area (Å²) in [6.07, 6.45) is 2.11. The quantitative estimate of drug-likeness (QED) is 0.501. The van der Waals surface area contributed by atoms with Crippen LogP contribution < -0.4 is 5.32 Å². The van der Waals surface area contributed by atoms with E-state index in [0.717, 1.165) is 12.8 Å². The summed E-state index contributed by atoms with van der Waals surface area (Å²) in [5, 5.41) is 2.48. The van der Waals surface area contributed by atoms with Crippen molar-refractivity contribution < 1.29 is 19.1 Å². The molecule has 0 aromatic carbocycles. The van der Waals surface area contributed by atoms with Crippen LogP contribution in [0.2, 0.25) is 0 Å². The van der Waals surface area contributed by atoms with Crippen LogP contribution in [-0.4, -0.2) is 66.5 Å². The fourth-order valence-corrected chi connectivity index (χ4v) is 2.11. The zero-order valence-electron chi connectivity index (χ0n) is 11.1. The smallest absolute Gasteiger partial charge is 0.324 e. The average Bonchev–Trinajstić information content (AvgIpc) is 3.15. The molecule has 2 fully saturated rings. The zero-order valence-corrected chi connectivity index (χ0v) is 11.1. The number of amides is 3. The number of hydrogen-bond donors (Lipinski definition) is 1. The Kier molecular flexibility index (Phi) is 4.36. The van der Waals surface area contributed by atoms with E-state index in [9.17, 15) is 14.4 Å². The third-order valence-corrected chi connectivity index (χ3v) is 3.25. The highest BCUT2D eigenvalue weighted by Crippen LogP contribution is 2.26. The molecule has 0 spiro atoms. The maximum absolute atomic E-state index is 11.5. The number of imide groups is 1. The highest BCUT2D eigenvalue weighted by molar-refractivity contribution is 6.01. The summed E-state index contributed by atoms with van der Waals surface area (Å²) in [7, 11) is 0. The van der Waals surface area contributed by atoms with Gasteiger partial charge >= 0.3 is 12.0 Å². The Morgan fingerprint density at radius 1 is 1.47 bits per heavy atom. The van der Waals surface area contributed by atoms with Gasteiger partial charge in [0.15, 0.2) is 0 Å². The minimum atomic E-state index is -0.350. The molecule has 7 nitrogen and oxygen atoms in total. The van der Waals surface area contributed by atoms with Crippen molar-refractivity contribution in [1.29, 1.82) is 0 Å². The van der Waals surface area contributed by atoms with Crippen molar-refractivity contribution >= 4 is 17.9 Å². The van der Waals surface area contributed by atoms with Crippen LogP contribution in [0, 0.1) is 0 Å². The maximum atomic E-state index is 11.5. The van der Waals surface area contributed by atoms with Gasteiger partial charge < -0.3 is 10.1 Å². The number of nitrogens with zero attached hydrogens (tertiary/aromatic N) is 2. The van der Waals surface area contributed by atoms with Gasteiger partial charge in [0.2, 0.25) is 5.91 Å². The monoisotopic (exact) mass is 269 g/mol. The van der Waals surface area contributed by atoms with Crippen molar-refractivity contribution in [2.75, 3.05) is 32.8 Å². The lowest BCUT2D eigenvalue weighted by atomic mass is 10.4. The number of esters is 1. The van der Waals surface area contributed by atoms with Gasteiger partial charge in [0.1, 0.15) is 0 Å². The predicted octanol–water partition coefficient (Wildman–Crippen LogP) is -0.434. The molecular weight excluding hydrogens is 250 g/mol. The van der Waals surface area contributed by atoms with Crippen LogP contribution in [0.1, 0.15) is 19.8 Å². The highest BCUT2D eigenvalue weighted by atomic mass is 16.5. The first-order chi connectivity index (χ1) is 9.11. The number of carbonyl (C=O) groups excluding carboxylic acids is 3. The third kappa shape index (κ3) is 3.66. The highest BCUT2D eigenvalue weighted by Gasteiger charge is 2.33. The average molecular weight is 269 g/mol. The molecule has 7 heteroatoms. The molecule has 0 unspecified atom stereocenters. The number of carbonyl (C=O) groups is 3. The molecule has 1 saturated heterocycles. The number of rotatable bonds is 7. The number of hydrogen-bond acceptors (Lipinski definition) is 5. The van der Waals surface area contributed by atoms with Crippen molar-refractivity contribution in [3.63, 3.8) is 0 Å². The van der Waals surface area contributed by atoms with Crippen LogP contribution in [0.15, 0.2) is 0 Å². The van der Waals surface area contributed by atoms with Gasteiger partial charge in [-0.2, -0.15) is 0 Å². The van der Waals surface area contributed by atoms with Crippen LogP contribution in [0.5, 0.6) is 0 Å². The second-order valence-electron chi connectivity index (χ2n) is 4.71. The van der Waals surface area contributed by atoms with E-state index in [1.54, 1.807) is 6.92 Å². The summed E-state index contributed by atoms with van der Waals surface area (Å²) in [5.74, 6) is -0.469. The molecule has 2 aliphatic rings. The van der Waals surface area contributed by atoms with E-state index >= 15 is 0 Å².